The van der Waals surface area contributed by atoms with Crippen LogP contribution in [0, 0.1) is 5.92 Å². The smallest absolute Gasteiger partial charge is 0.314 e. The molecule has 0 spiro atoms. The molecule has 0 aromatic carbocycles. The molecule has 1 aromatic heterocycles. The van der Waals surface area contributed by atoms with E-state index in [4.69, 9.17) is 5.73 Å². The number of nitrogens with zero attached hydrogens (tertiary/aromatic N) is 2. The van der Waals surface area contributed by atoms with Crippen LogP contribution in [0.5, 0.6) is 0 Å². The van der Waals surface area contributed by atoms with Crippen LogP contribution in [0.1, 0.15) is 22.5 Å². The molecule has 1 saturated heterocycles. The molecule has 2 rings (SSSR count). The van der Waals surface area contributed by atoms with Crippen molar-refractivity contribution >= 4 is 29.1 Å². The van der Waals surface area contributed by atoms with Gasteiger partial charge in [-0.2, -0.15) is 0 Å². The van der Waals surface area contributed by atoms with Crippen LogP contribution in [0.4, 0.5) is 4.79 Å². The Labute approximate surface area is 127 Å². The van der Waals surface area contributed by atoms with E-state index in [0.717, 1.165) is 17.7 Å². The summed E-state index contributed by atoms with van der Waals surface area (Å²) in [5, 5.41) is 1.88. The van der Waals surface area contributed by atoms with Gasteiger partial charge in [0, 0.05) is 26.1 Å². The van der Waals surface area contributed by atoms with Gasteiger partial charge in [0.15, 0.2) is 5.78 Å². The summed E-state index contributed by atoms with van der Waals surface area (Å²) in [4.78, 5) is 39.0. The molecular weight excluding hydrogens is 290 g/mol. The summed E-state index contributed by atoms with van der Waals surface area (Å²) in [5.41, 5.74) is 5.12. The Balaban J connectivity index is 1.96. The van der Waals surface area contributed by atoms with E-state index in [0.29, 0.717) is 13.1 Å². The average molecular weight is 309 g/mol. The van der Waals surface area contributed by atoms with Gasteiger partial charge in [-0.15, -0.1) is 11.3 Å². The van der Waals surface area contributed by atoms with Crippen LogP contribution in [0.3, 0.4) is 0 Å². The summed E-state index contributed by atoms with van der Waals surface area (Å²) in [6.07, 6.45) is 1.60. The number of hydrogen-bond donors (Lipinski definition) is 1. The Morgan fingerprint density at radius 1 is 1.48 bits per heavy atom. The summed E-state index contributed by atoms with van der Waals surface area (Å²) < 4.78 is 0. The Hall–Kier alpha value is -1.89. The third-order valence-electron chi connectivity index (χ3n) is 3.66. The molecule has 2 N–H and O–H groups in total. The molecule has 1 aliphatic heterocycles. The number of nitrogens with two attached hydrogens (primary N) is 1. The molecule has 0 aliphatic carbocycles. The highest BCUT2D eigenvalue weighted by Gasteiger charge is 2.29. The first-order valence-corrected chi connectivity index (χ1v) is 7.73. The zero-order valence-corrected chi connectivity index (χ0v) is 12.8. The monoisotopic (exact) mass is 309 g/mol. The molecule has 0 saturated carbocycles. The van der Waals surface area contributed by atoms with Crippen molar-refractivity contribution in [1.29, 1.82) is 0 Å². The molecule has 1 atom stereocenters. The van der Waals surface area contributed by atoms with Gasteiger partial charge in [-0.05, 0) is 24.3 Å². The highest BCUT2D eigenvalue weighted by molar-refractivity contribution is 7.12. The fourth-order valence-electron chi connectivity index (χ4n) is 2.42. The Kier molecular flexibility index (Phi) is 4.95. The van der Waals surface area contributed by atoms with Crippen molar-refractivity contribution in [3.05, 3.63) is 22.4 Å². The lowest BCUT2D eigenvalue weighted by atomic mass is 9.93. The number of thiophene rings is 1. The molecule has 3 amide bonds. The molecular formula is C14H19N3O3S. The number of Topliss-reactive ketones (excluding diaryl/α,β-unsaturated/α-hetero) is 1. The van der Waals surface area contributed by atoms with Gasteiger partial charge in [0.2, 0.25) is 5.91 Å². The van der Waals surface area contributed by atoms with Gasteiger partial charge < -0.3 is 15.5 Å². The molecule has 114 valence electrons. The summed E-state index contributed by atoms with van der Waals surface area (Å²) in [6, 6.07) is 3.03. The minimum atomic E-state index is -0.633. The molecule has 1 fully saturated rings. The molecule has 21 heavy (non-hydrogen) atoms. The lowest BCUT2D eigenvalue weighted by molar-refractivity contribution is -0.133. The minimum absolute atomic E-state index is 0.0464. The average Bonchev–Trinajstić information content (AvgIpc) is 3.00. The summed E-state index contributed by atoms with van der Waals surface area (Å²) in [7, 11) is 1.48. The second kappa shape index (κ2) is 6.71. The van der Waals surface area contributed by atoms with Crippen molar-refractivity contribution in [1.82, 2.24) is 9.80 Å². The van der Waals surface area contributed by atoms with Crippen LogP contribution in [0.25, 0.3) is 0 Å². The summed E-state index contributed by atoms with van der Waals surface area (Å²) >= 11 is 1.43. The van der Waals surface area contributed by atoms with E-state index in [-0.39, 0.29) is 24.2 Å². The number of carbonyl (C=O) groups is 3. The fourth-order valence-corrected chi connectivity index (χ4v) is 3.16. The number of primary amides is 1. The van der Waals surface area contributed by atoms with E-state index >= 15 is 0 Å². The lowest BCUT2D eigenvalue weighted by Crippen LogP contribution is -2.47. The Morgan fingerprint density at radius 3 is 2.86 bits per heavy atom. The Bertz CT molecular complexity index is 530. The quantitative estimate of drug-likeness (QED) is 0.848. The van der Waals surface area contributed by atoms with E-state index in [1.54, 1.807) is 4.90 Å². The highest BCUT2D eigenvalue weighted by atomic mass is 32.1. The van der Waals surface area contributed by atoms with Gasteiger partial charge in [0.05, 0.1) is 4.88 Å². The number of carbonyl (C=O) groups excluding carboxylic acids is 3. The van der Waals surface area contributed by atoms with Gasteiger partial charge in [0.1, 0.15) is 6.54 Å². The molecule has 0 bridgehead atoms. The third kappa shape index (κ3) is 3.81. The van der Waals surface area contributed by atoms with Gasteiger partial charge >= 0.3 is 6.03 Å². The number of likely N-dealkylation sites (tertiary alicyclic amines) is 1. The first-order chi connectivity index (χ1) is 9.99. The zero-order chi connectivity index (χ0) is 15.4. The van der Waals surface area contributed by atoms with Crippen LogP contribution in [0.15, 0.2) is 17.5 Å². The second-order valence-electron chi connectivity index (χ2n) is 5.21. The van der Waals surface area contributed by atoms with E-state index in [1.807, 2.05) is 17.5 Å². The van der Waals surface area contributed by atoms with Crippen molar-refractivity contribution in [2.24, 2.45) is 11.7 Å². The SMILES string of the molecule is CN(CC(=O)N1CCCC(C(=O)c2cccs2)C1)C(N)=O. The van der Waals surface area contributed by atoms with Gasteiger partial charge in [0.25, 0.3) is 0 Å². The largest absolute Gasteiger partial charge is 0.351 e. The molecule has 2 heterocycles. The van der Waals surface area contributed by atoms with Crippen molar-refractivity contribution in [3.8, 4) is 0 Å². The molecule has 1 unspecified atom stereocenters. The molecule has 1 aromatic rings. The van der Waals surface area contributed by atoms with Crippen molar-refractivity contribution in [2.45, 2.75) is 12.8 Å². The van der Waals surface area contributed by atoms with Gasteiger partial charge in [-0.25, -0.2) is 4.79 Å². The Morgan fingerprint density at radius 2 is 2.24 bits per heavy atom. The zero-order valence-electron chi connectivity index (χ0n) is 11.9. The maximum absolute atomic E-state index is 12.3. The minimum Gasteiger partial charge on any atom is -0.351 e. The van der Waals surface area contributed by atoms with E-state index in [2.05, 4.69) is 0 Å². The second-order valence-corrected chi connectivity index (χ2v) is 6.16. The maximum atomic E-state index is 12.3. The van der Waals surface area contributed by atoms with Crippen molar-refractivity contribution in [3.63, 3.8) is 0 Å². The molecule has 0 radical (unpaired) electrons. The number of rotatable bonds is 4. The topological polar surface area (TPSA) is 83.7 Å². The van der Waals surface area contributed by atoms with E-state index in [9.17, 15) is 14.4 Å². The van der Waals surface area contributed by atoms with Crippen LogP contribution >= 0.6 is 11.3 Å². The van der Waals surface area contributed by atoms with E-state index in [1.165, 1.54) is 23.3 Å². The third-order valence-corrected chi connectivity index (χ3v) is 4.54. The van der Waals surface area contributed by atoms with E-state index < -0.39 is 6.03 Å². The van der Waals surface area contributed by atoms with Gasteiger partial charge in [-0.1, -0.05) is 6.07 Å². The summed E-state index contributed by atoms with van der Waals surface area (Å²) in [6.45, 7) is 0.997. The fraction of sp³-hybridized carbons (Fsp3) is 0.500. The maximum Gasteiger partial charge on any atom is 0.314 e. The van der Waals surface area contributed by atoms with Crippen LogP contribution in [-0.2, 0) is 4.79 Å². The first-order valence-electron chi connectivity index (χ1n) is 6.85. The summed E-state index contributed by atoms with van der Waals surface area (Å²) in [5.74, 6) is -0.217. The molecule has 1 aliphatic rings. The molecule has 7 heteroatoms. The van der Waals surface area contributed by atoms with Crippen molar-refractivity contribution in [2.75, 3.05) is 26.7 Å². The molecule has 6 nitrogen and oxygen atoms in total. The number of urea groups is 1. The van der Waals surface area contributed by atoms with Crippen LogP contribution < -0.4 is 5.73 Å². The number of amides is 3. The normalized spacial score (nSPS) is 18.3. The number of ketones is 1. The standard InChI is InChI=1S/C14H19N3O3S/c1-16(14(15)20)9-12(18)17-6-2-4-10(8-17)13(19)11-5-3-7-21-11/h3,5,7,10H,2,4,6,8-9H2,1H3,(H2,15,20). The van der Waals surface area contributed by atoms with Crippen LogP contribution in [0.2, 0.25) is 0 Å². The van der Waals surface area contributed by atoms with Crippen LogP contribution in [-0.4, -0.2) is 54.2 Å². The predicted molar refractivity (Wildman–Crippen MR) is 80.2 cm³/mol. The predicted octanol–water partition coefficient (Wildman–Crippen LogP) is 1.18. The number of hydrogen-bond acceptors (Lipinski definition) is 4. The number of piperidine rings is 1. The van der Waals surface area contributed by atoms with Crippen molar-refractivity contribution < 1.29 is 14.4 Å². The van der Waals surface area contributed by atoms with Gasteiger partial charge in [-0.3, -0.25) is 9.59 Å². The lowest BCUT2D eigenvalue weighted by Gasteiger charge is -2.32. The highest BCUT2D eigenvalue weighted by Crippen LogP contribution is 2.23. The number of likely N-dealkylation sites (N-methyl/N-ethyl adjacent to an activating group) is 1. The first kappa shape index (κ1) is 15.5.